The Balaban J connectivity index is 1.84. The highest BCUT2D eigenvalue weighted by Crippen LogP contribution is 2.08. The van der Waals surface area contributed by atoms with E-state index in [2.05, 4.69) is 25.6 Å². The van der Waals surface area contributed by atoms with Crippen molar-refractivity contribution in [1.29, 1.82) is 0 Å². The first-order valence-electron chi connectivity index (χ1n) is 6.19. The highest BCUT2D eigenvalue weighted by atomic mass is 16.5. The zero-order chi connectivity index (χ0) is 12.8. The summed E-state index contributed by atoms with van der Waals surface area (Å²) in [5, 5.41) is 14.4. The molecule has 0 spiro atoms. The second-order valence-electron chi connectivity index (χ2n) is 4.32. The monoisotopic (exact) mass is 250 g/mol. The lowest BCUT2D eigenvalue weighted by molar-refractivity contribution is 0.0593. The van der Waals surface area contributed by atoms with Crippen molar-refractivity contribution in [2.75, 3.05) is 25.5 Å². The smallest absolute Gasteiger partial charge is 0.358 e. The molecule has 18 heavy (non-hydrogen) atoms. The number of methoxy groups -OCH3 is 1. The Morgan fingerprint density at radius 2 is 2.39 bits per heavy atom. The molecule has 1 aromatic heterocycles. The third-order valence-electron chi connectivity index (χ3n) is 3.00. The Bertz CT molecular complexity index is 388. The summed E-state index contributed by atoms with van der Waals surface area (Å²) in [7, 11) is 1.32. The van der Waals surface area contributed by atoms with Gasteiger partial charge in [0.15, 0.2) is 5.69 Å². The fourth-order valence-corrected chi connectivity index (χ4v) is 1.97. The fraction of sp³-hybridized carbons (Fsp3) is 0.583. The van der Waals surface area contributed by atoms with Gasteiger partial charge in [0.2, 0.25) is 0 Å². The minimum absolute atomic E-state index is 0.221. The van der Waals surface area contributed by atoms with Crippen LogP contribution in [0.25, 0.3) is 0 Å². The lowest BCUT2D eigenvalue weighted by atomic mass is 10.1. The minimum atomic E-state index is -0.469. The topological polar surface area (TPSA) is 76.1 Å². The molecule has 2 N–H and O–H groups in total. The molecule has 0 radical (unpaired) electrons. The van der Waals surface area contributed by atoms with Crippen LogP contribution >= 0.6 is 0 Å². The Morgan fingerprint density at radius 1 is 1.50 bits per heavy atom. The summed E-state index contributed by atoms with van der Waals surface area (Å²) in [5.41, 5.74) is 0.221. The average molecular weight is 250 g/mol. The number of esters is 1. The van der Waals surface area contributed by atoms with Gasteiger partial charge in [-0.15, -0.1) is 10.2 Å². The minimum Gasteiger partial charge on any atom is -0.464 e. The standard InChI is InChI=1S/C12H18N4O2/c1-18-12(17)10-5-6-11(16-15-10)14-8-9-4-2-3-7-13-9/h5-6,9,13H,2-4,7-8H2,1H3,(H,14,16). The molecule has 1 aromatic rings. The van der Waals surface area contributed by atoms with Crippen LogP contribution in [-0.4, -0.2) is 42.4 Å². The van der Waals surface area contributed by atoms with E-state index in [0.717, 1.165) is 13.1 Å². The number of nitrogens with one attached hydrogen (secondary N) is 2. The Hall–Kier alpha value is -1.69. The van der Waals surface area contributed by atoms with Gasteiger partial charge in [-0.1, -0.05) is 6.42 Å². The quantitative estimate of drug-likeness (QED) is 0.770. The van der Waals surface area contributed by atoms with E-state index < -0.39 is 5.97 Å². The van der Waals surface area contributed by atoms with Crippen molar-refractivity contribution in [3.63, 3.8) is 0 Å². The van der Waals surface area contributed by atoms with Crippen LogP contribution in [0.15, 0.2) is 12.1 Å². The zero-order valence-electron chi connectivity index (χ0n) is 10.5. The van der Waals surface area contributed by atoms with Gasteiger partial charge < -0.3 is 15.4 Å². The molecule has 0 amide bonds. The molecule has 6 nitrogen and oxygen atoms in total. The first kappa shape index (κ1) is 12.8. The van der Waals surface area contributed by atoms with E-state index in [9.17, 15) is 4.79 Å². The van der Waals surface area contributed by atoms with Crippen molar-refractivity contribution in [2.45, 2.75) is 25.3 Å². The molecule has 0 aliphatic carbocycles. The second kappa shape index (κ2) is 6.30. The van der Waals surface area contributed by atoms with Gasteiger partial charge in [-0.3, -0.25) is 0 Å². The van der Waals surface area contributed by atoms with E-state index in [1.165, 1.54) is 26.4 Å². The Morgan fingerprint density at radius 3 is 3.00 bits per heavy atom. The fourth-order valence-electron chi connectivity index (χ4n) is 1.97. The third-order valence-corrected chi connectivity index (χ3v) is 3.00. The maximum Gasteiger partial charge on any atom is 0.358 e. The summed E-state index contributed by atoms with van der Waals surface area (Å²) in [4.78, 5) is 11.2. The highest BCUT2D eigenvalue weighted by Gasteiger charge is 2.12. The van der Waals surface area contributed by atoms with Crippen molar-refractivity contribution < 1.29 is 9.53 Å². The van der Waals surface area contributed by atoms with Crippen molar-refractivity contribution in [2.24, 2.45) is 0 Å². The number of carbonyl (C=O) groups is 1. The highest BCUT2D eigenvalue weighted by molar-refractivity contribution is 5.86. The molecule has 1 fully saturated rings. The van der Waals surface area contributed by atoms with E-state index in [-0.39, 0.29) is 5.69 Å². The van der Waals surface area contributed by atoms with Crippen molar-refractivity contribution in [1.82, 2.24) is 15.5 Å². The van der Waals surface area contributed by atoms with Crippen LogP contribution in [-0.2, 0) is 4.74 Å². The van der Waals surface area contributed by atoms with Crippen LogP contribution in [0.1, 0.15) is 29.8 Å². The first-order chi connectivity index (χ1) is 8.79. The summed E-state index contributed by atoms with van der Waals surface area (Å²) < 4.78 is 4.56. The number of hydrogen-bond donors (Lipinski definition) is 2. The number of hydrogen-bond acceptors (Lipinski definition) is 6. The van der Waals surface area contributed by atoms with Gasteiger partial charge in [0.1, 0.15) is 5.82 Å². The van der Waals surface area contributed by atoms with Crippen LogP contribution in [0.5, 0.6) is 0 Å². The zero-order valence-corrected chi connectivity index (χ0v) is 10.5. The van der Waals surface area contributed by atoms with Crippen LogP contribution in [0, 0.1) is 0 Å². The number of aromatic nitrogens is 2. The van der Waals surface area contributed by atoms with E-state index in [1.807, 2.05) is 0 Å². The Labute approximate surface area is 106 Å². The van der Waals surface area contributed by atoms with Gasteiger partial charge in [-0.05, 0) is 31.5 Å². The van der Waals surface area contributed by atoms with E-state index in [1.54, 1.807) is 12.1 Å². The number of nitrogens with zero attached hydrogens (tertiary/aromatic N) is 2. The summed E-state index contributed by atoms with van der Waals surface area (Å²) in [6.07, 6.45) is 3.71. The summed E-state index contributed by atoms with van der Waals surface area (Å²) >= 11 is 0. The van der Waals surface area contributed by atoms with Gasteiger partial charge in [0.05, 0.1) is 7.11 Å². The molecule has 0 aromatic carbocycles. The molecule has 1 aliphatic rings. The predicted molar refractivity (Wildman–Crippen MR) is 67.5 cm³/mol. The molecule has 0 bridgehead atoms. The van der Waals surface area contributed by atoms with Crippen LogP contribution < -0.4 is 10.6 Å². The predicted octanol–water partition coefficient (Wildman–Crippen LogP) is 0.817. The maximum absolute atomic E-state index is 11.2. The largest absolute Gasteiger partial charge is 0.464 e. The molecular formula is C12H18N4O2. The lowest BCUT2D eigenvalue weighted by Crippen LogP contribution is -2.39. The average Bonchev–Trinajstić information content (AvgIpc) is 2.46. The molecular weight excluding hydrogens is 232 g/mol. The number of carbonyl (C=O) groups excluding carboxylic acids is 1. The maximum atomic E-state index is 11.2. The molecule has 1 saturated heterocycles. The first-order valence-corrected chi connectivity index (χ1v) is 6.19. The molecule has 98 valence electrons. The second-order valence-corrected chi connectivity index (χ2v) is 4.32. The van der Waals surface area contributed by atoms with E-state index in [0.29, 0.717) is 11.9 Å². The summed E-state index contributed by atoms with van der Waals surface area (Å²) in [6, 6.07) is 3.83. The van der Waals surface area contributed by atoms with Gasteiger partial charge in [-0.25, -0.2) is 4.79 Å². The molecule has 0 saturated carbocycles. The van der Waals surface area contributed by atoms with Crippen LogP contribution in [0.2, 0.25) is 0 Å². The van der Waals surface area contributed by atoms with Crippen molar-refractivity contribution in [3.8, 4) is 0 Å². The SMILES string of the molecule is COC(=O)c1ccc(NCC2CCCCN2)nn1. The molecule has 6 heteroatoms. The molecule has 2 rings (SSSR count). The van der Waals surface area contributed by atoms with Gasteiger partial charge in [-0.2, -0.15) is 0 Å². The van der Waals surface area contributed by atoms with Gasteiger partial charge in [0.25, 0.3) is 0 Å². The number of anilines is 1. The van der Waals surface area contributed by atoms with Gasteiger partial charge >= 0.3 is 5.97 Å². The van der Waals surface area contributed by atoms with Crippen LogP contribution in [0.3, 0.4) is 0 Å². The lowest BCUT2D eigenvalue weighted by Gasteiger charge is -2.23. The molecule has 2 heterocycles. The van der Waals surface area contributed by atoms with Gasteiger partial charge in [0, 0.05) is 12.6 Å². The number of ether oxygens (including phenoxy) is 1. The van der Waals surface area contributed by atoms with E-state index in [4.69, 9.17) is 0 Å². The normalized spacial score (nSPS) is 19.3. The van der Waals surface area contributed by atoms with E-state index >= 15 is 0 Å². The van der Waals surface area contributed by atoms with Crippen LogP contribution in [0.4, 0.5) is 5.82 Å². The number of piperidine rings is 1. The number of rotatable bonds is 4. The summed E-state index contributed by atoms with van der Waals surface area (Å²) in [5.74, 6) is 0.207. The third kappa shape index (κ3) is 3.40. The van der Waals surface area contributed by atoms with Crippen molar-refractivity contribution in [3.05, 3.63) is 17.8 Å². The van der Waals surface area contributed by atoms with Crippen molar-refractivity contribution >= 4 is 11.8 Å². The molecule has 1 atom stereocenters. The Kier molecular flexibility index (Phi) is 4.46. The summed E-state index contributed by atoms with van der Waals surface area (Å²) in [6.45, 7) is 1.91. The molecule has 1 aliphatic heterocycles. The molecule has 1 unspecified atom stereocenters.